The van der Waals surface area contributed by atoms with E-state index in [-0.39, 0.29) is 30.2 Å². The zero-order valence-electron chi connectivity index (χ0n) is 15.1. The Kier molecular flexibility index (Phi) is 6.28. The summed E-state index contributed by atoms with van der Waals surface area (Å²) in [4.78, 5) is 28.6. The number of esters is 1. The van der Waals surface area contributed by atoms with Crippen molar-refractivity contribution in [1.82, 2.24) is 4.98 Å². The van der Waals surface area contributed by atoms with E-state index in [1.807, 2.05) is 31.2 Å². The van der Waals surface area contributed by atoms with Crippen molar-refractivity contribution in [2.45, 2.75) is 20.0 Å². The molecule has 144 valence electrons. The number of benzene rings is 2. The maximum atomic E-state index is 12.2. The number of ether oxygens (including phenoxy) is 1. The lowest BCUT2D eigenvalue weighted by molar-refractivity contribution is -0.115. The SMILES string of the molecule is Cc1ccc(NC(=O)Cc2nc(COC(=O)c3cccc(Cl)c3N)cs2)cc1. The maximum Gasteiger partial charge on any atom is 0.340 e. The monoisotopic (exact) mass is 415 g/mol. The Morgan fingerprint density at radius 1 is 1.21 bits per heavy atom. The van der Waals surface area contributed by atoms with Gasteiger partial charge in [-0.2, -0.15) is 0 Å². The van der Waals surface area contributed by atoms with E-state index in [1.165, 1.54) is 11.3 Å². The van der Waals surface area contributed by atoms with Crippen LogP contribution in [0.1, 0.15) is 26.6 Å². The number of halogens is 1. The highest BCUT2D eigenvalue weighted by atomic mass is 35.5. The molecule has 0 fully saturated rings. The van der Waals surface area contributed by atoms with Crippen molar-refractivity contribution >= 4 is 46.2 Å². The number of para-hydroxylation sites is 1. The average Bonchev–Trinajstić information content (AvgIpc) is 3.11. The Morgan fingerprint density at radius 3 is 2.71 bits per heavy atom. The number of carbonyl (C=O) groups excluding carboxylic acids is 2. The number of hydrogen-bond acceptors (Lipinski definition) is 6. The smallest absolute Gasteiger partial charge is 0.340 e. The summed E-state index contributed by atoms with van der Waals surface area (Å²) in [5.74, 6) is -0.736. The van der Waals surface area contributed by atoms with Crippen LogP contribution in [0.5, 0.6) is 0 Å². The molecule has 0 saturated heterocycles. The predicted octanol–water partition coefficient (Wildman–Crippen LogP) is 4.23. The minimum absolute atomic E-state index is 0.0130. The number of thiazole rings is 1. The van der Waals surface area contributed by atoms with Crippen LogP contribution >= 0.6 is 22.9 Å². The molecule has 3 aromatic rings. The molecule has 0 spiro atoms. The van der Waals surface area contributed by atoms with E-state index in [4.69, 9.17) is 22.1 Å². The predicted molar refractivity (Wildman–Crippen MR) is 111 cm³/mol. The van der Waals surface area contributed by atoms with Crippen LogP contribution in [-0.2, 0) is 22.6 Å². The van der Waals surface area contributed by atoms with E-state index in [0.717, 1.165) is 11.3 Å². The molecule has 6 nitrogen and oxygen atoms in total. The zero-order valence-corrected chi connectivity index (χ0v) is 16.6. The number of carbonyl (C=O) groups is 2. The lowest BCUT2D eigenvalue weighted by Gasteiger charge is -2.06. The quantitative estimate of drug-likeness (QED) is 0.464. The number of nitrogens with one attached hydrogen (secondary N) is 1. The third kappa shape index (κ3) is 5.09. The molecule has 3 rings (SSSR count). The molecule has 0 radical (unpaired) electrons. The van der Waals surface area contributed by atoms with Gasteiger partial charge in [-0.05, 0) is 31.2 Å². The van der Waals surface area contributed by atoms with Crippen molar-refractivity contribution in [3.8, 4) is 0 Å². The van der Waals surface area contributed by atoms with Crippen molar-refractivity contribution in [3.05, 3.63) is 74.7 Å². The summed E-state index contributed by atoms with van der Waals surface area (Å²) in [6.45, 7) is 1.97. The Hall–Kier alpha value is -2.90. The lowest BCUT2D eigenvalue weighted by Crippen LogP contribution is -2.14. The fourth-order valence-corrected chi connectivity index (χ4v) is 3.36. The third-order valence-electron chi connectivity index (χ3n) is 3.87. The summed E-state index contributed by atoms with van der Waals surface area (Å²) in [5.41, 5.74) is 8.61. The van der Waals surface area contributed by atoms with Crippen LogP contribution in [0.15, 0.2) is 47.8 Å². The highest BCUT2D eigenvalue weighted by molar-refractivity contribution is 7.09. The van der Waals surface area contributed by atoms with Gasteiger partial charge in [0, 0.05) is 11.1 Å². The van der Waals surface area contributed by atoms with Gasteiger partial charge in [-0.3, -0.25) is 4.79 Å². The van der Waals surface area contributed by atoms with Crippen LogP contribution in [0.4, 0.5) is 11.4 Å². The van der Waals surface area contributed by atoms with Crippen LogP contribution in [-0.4, -0.2) is 16.9 Å². The largest absolute Gasteiger partial charge is 0.455 e. The first kappa shape index (κ1) is 19.9. The molecule has 0 atom stereocenters. The van der Waals surface area contributed by atoms with Crippen molar-refractivity contribution in [3.63, 3.8) is 0 Å². The number of rotatable bonds is 6. The molecule has 0 aliphatic heterocycles. The summed E-state index contributed by atoms with van der Waals surface area (Å²) < 4.78 is 5.24. The summed E-state index contributed by atoms with van der Waals surface area (Å²) in [6, 6.07) is 12.3. The standard InChI is InChI=1S/C20H18ClN3O3S/c1-12-5-7-13(8-6-12)23-17(25)9-18-24-14(11-28-18)10-27-20(26)15-3-2-4-16(21)19(15)22/h2-8,11H,9-10,22H2,1H3,(H,23,25). The van der Waals surface area contributed by atoms with E-state index >= 15 is 0 Å². The van der Waals surface area contributed by atoms with Gasteiger partial charge in [0.05, 0.1) is 28.4 Å². The molecule has 0 bridgehead atoms. The highest BCUT2D eigenvalue weighted by Gasteiger charge is 2.15. The first-order valence-corrected chi connectivity index (χ1v) is 9.69. The fourth-order valence-electron chi connectivity index (χ4n) is 2.41. The Bertz CT molecular complexity index is 1000. The van der Waals surface area contributed by atoms with Gasteiger partial charge >= 0.3 is 5.97 Å². The Balaban J connectivity index is 1.53. The molecule has 1 amide bonds. The Morgan fingerprint density at radius 2 is 1.96 bits per heavy atom. The van der Waals surface area contributed by atoms with E-state index in [0.29, 0.717) is 15.7 Å². The fraction of sp³-hybridized carbons (Fsp3) is 0.150. The topological polar surface area (TPSA) is 94.3 Å². The number of nitrogen functional groups attached to an aromatic ring is 1. The number of aromatic nitrogens is 1. The van der Waals surface area contributed by atoms with Crippen LogP contribution in [0.25, 0.3) is 0 Å². The second-order valence-corrected chi connectivity index (χ2v) is 7.45. The van der Waals surface area contributed by atoms with Crippen molar-refractivity contribution < 1.29 is 14.3 Å². The second-order valence-electron chi connectivity index (χ2n) is 6.10. The van der Waals surface area contributed by atoms with Gasteiger partial charge in [-0.15, -0.1) is 11.3 Å². The second kappa shape index (κ2) is 8.86. The number of aryl methyl sites for hydroxylation is 1. The summed E-state index contributed by atoms with van der Waals surface area (Å²) in [6.07, 6.45) is 0.147. The van der Waals surface area contributed by atoms with Crippen LogP contribution in [0, 0.1) is 6.92 Å². The zero-order chi connectivity index (χ0) is 20.1. The van der Waals surface area contributed by atoms with Gasteiger partial charge < -0.3 is 15.8 Å². The van der Waals surface area contributed by atoms with Crippen LogP contribution in [0.3, 0.4) is 0 Å². The number of nitrogens with two attached hydrogens (primary N) is 1. The van der Waals surface area contributed by atoms with E-state index in [2.05, 4.69) is 10.3 Å². The number of hydrogen-bond donors (Lipinski definition) is 2. The Labute approximate surface area is 171 Å². The van der Waals surface area contributed by atoms with Gasteiger partial charge in [0.25, 0.3) is 0 Å². The minimum Gasteiger partial charge on any atom is -0.455 e. The molecule has 8 heteroatoms. The normalized spacial score (nSPS) is 10.5. The summed E-state index contributed by atoms with van der Waals surface area (Å²) >= 11 is 7.25. The number of amides is 1. The lowest BCUT2D eigenvalue weighted by atomic mass is 10.2. The molecule has 1 aromatic heterocycles. The summed E-state index contributed by atoms with van der Waals surface area (Å²) in [5, 5.41) is 5.51. The molecular weight excluding hydrogens is 398 g/mol. The van der Waals surface area contributed by atoms with Gasteiger partial charge in [0.15, 0.2) is 0 Å². The van der Waals surface area contributed by atoms with Gasteiger partial charge in [-0.1, -0.05) is 35.4 Å². The van der Waals surface area contributed by atoms with Crippen LogP contribution in [0.2, 0.25) is 5.02 Å². The summed E-state index contributed by atoms with van der Waals surface area (Å²) in [7, 11) is 0. The molecule has 0 saturated carbocycles. The third-order valence-corrected chi connectivity index (χ3v) is 5.10. The van der Waals surface area contributed by atoms with E-state index in [9.17, 15) is 9.59 Å². The van der Waals surface area contributed by atoms with Crippen LogP contribution < -0.4 is 11.1 Å². The molecule has 3 N–H and O–H groups in total. The first-order valence-electron chi connectivity index (χ1n) is 8.43. The van der Waals surface area contributed by atoms with Crippen molar-refractivity contribution in [1.29, 1.82) is 0 Å². The van der Waals surface area contributed by atoms with E-state index in [1.54, 1.807) is 23.6 Å². The maximum absolute atomic E-state index is 12.2. The van der Waals surface area contributed by atoms with Crippen molar-refractivity contribution in [2.24, 2.45) is 0 Å². The average molecular weight is 416 g/mol. The van der Waals surface area contributed by atoms with Gasteiger partial charge in [0.2, 0.25) is 5.91 Å². The molecular formula is C20H18ClN3O3S. The van der Waals surface area contributed by atoms with Gasteiger partial charge in [0.1, 0.15) is 11.6 Å². The molecule has 0 aliphatic carbocycles. The molecule has 28 heavy (non-hydrogen) atoms. The molecule has 0 unspecified atom stereocenters. The molecule has 0 aliphatic rings. The first-order chi connectivity index (χ1) is 13.4. The number of nitrogens with zero attached hydrogens (tertiary/aromatic N) is 1. The highest BCUT2D eigenvalue weighted by Crippen LogP contribution is 2.23. The molecule has 2 aromatic carbocycles. The minimum atomic E-state index is -0.577. The molecule has 1 heterocycles. The number of anilines is 2. The van der Waals surface area contributed by atoms with Crippen molar-refractivity contribution in [2.75, 3.05) is 11.1 Å². The van der Waals surface area contributed by atoms with E-state index < -0.39 is 5.97 Å². The van der Waals surface area contributed by atoms with Gasteiger partial charge in [-0.25, -0.2) is 9.78 Å².